The first-order chi connectivity index (χ1) is 12.5. The molecule has 0 bridgehead atoms. The van der Waals surface area contributed by atoms with Gasteiger partial charge in [0.15, 0.2) is 12.2 Å². The number of benzene rings is 1. The molecule has 2 heterocycles. The van der Waals surface area contributed by atoms with Crippen molar-refractivity contribution in [2.45, 2.75) is 12.2 Å². The summed E-state index contributed by atoms with van der Waals surface area (Å²) in [6, 6.07) is 5.72. The van der Waals surface area contributed by atoms with Gasteiger partial charge in [-0.25, -0.2) is 9.59 Å². The first-order valence-corrected chi connectivity index (χ1v) is 7.49. The first kappa shape index (κ1) is 18.0. The lowest BCUT2D eigenvalue weighted by molar-refractivity contribution is 0.0401. The molecule has 0 radical (unpaired) electrons. The van der Waals surface area contributed by atoms with Crippen LogP contribution in [0.1, 0.15) is 0 Å². The van der Waals surface area contributed by atoms with E-state index in [1.165, 1.54) is 24.3 Å². The second-order valence-electron chi connectivity index (χ2n) is 5.20. The number of hydrogen-bond acceptors (Lipinski definition) is 12. The van der Waals surface area contributed by atoms with Crippen molar-refractivity contribution in [2.75, 3.05) is 36.9 Å². The molecule has 0 N–H and O–H groups in total. The summed E-state index contributed by atoms with van der Waals surface area (Å²) >= 11 is 0. The van der Waals surface area contributed by atoms with Gasteiger partial charge in [0.25, 0.3) is 0 Å². The van der Waals surface area contributed by atoms with Crippen molar-refractivity contribution in [3.05, 3.63) is 34.7 Å². The first-order valence-electron chi connectivity index (χ1n) is 7.49. The molecular formula is C14H14N2O10-2. The lowest BCUT2D eigenvalue weighted by Gasteiger charge is -2.37. The predicted molar refractivity (Wildman–Crippen MR) is 82.5 cm³/mol. The van der Waals surface area contributed by atoms with E-state index < -0.39 is 24.5 Å². The quantitative estimate of drug-likeness (QED) is 0.479. The summed E-state index contributed by atoms with van der Waals surface area (Å²) in [5.41, 5.74) is -0.264. The molecule has 3 rings (SSSR count). The number of anilines is 2. The lowest BCUT2D eigenvalue weighted by atomic mass is 10.3. The molecule has 2 aliphatic heterocycles. The standard InChI is InChI=1S/C14H14N2O10/c17-13-21-5-9(25-13)7-23-15(19)11-3-1-2-4-12(11)16(20)24-8-10-6-22-14(18)26-10/h1-4,9-10H,5-8H2/q-2. The van der Waals surface area contributed by atoms with E-state index in [1.54, 1.807) is 0 Å². The van der Waals surface area contributed by atoms with Gasteiger partial charge in [0.1, 0.15) is 26.4 Å². The van der Waals surface area contributed by atoms with Crippen molar-refractivity contribution in [1.82, 2.24) is 0 Å². The molecule has 12 heteroatoms. The molecule has 1 aromatic carbocycles. The third-order valence-corrected chi connectivity index (χ3v) is 3.33. The van der Waals surface area contributed by atoms with Crippen LogP contribution in [0.5, 0.6) is 0 Å². The second-order valence-corrected chi connectivity index (χ2v) is 5.20. The van der Waals surface area contributed by atoms with E-state index in [9.17, 15) is 20.0 Å². The van der Waals surface area contributed by atoms with Crippen LogP contribution in [0.4, 0.5) is 21.0 Å². The molecule has 0 aliphatic carbocycles. The van der Waals surface area contributed by atoms with Crippen LogP contribution in [-0.4, -0.2) is 50.9 Å². The Morgan fingerprint density at radius 1 is 0.885 bits per heavy atom. The molecule has 1 aromatic rings. The molecule has 2 fully saturated rings. The van der Waals surface area contributed by atoms with E-state index in [0.717, 1.165) is 0 Å². The zero-order valence-corrected chi connectivity index (χ0v) is 13.3. The molecule has 2 unspecified atom stereocenters. The van der Waals surface area contributed by atoms with Gasteiger partial charge >= 0.3 is 12.3 Å². The van der Waals surface area contributed by atoms with Crippen molar-refractivity contribution in [1.29, 1.82) is 0 Å². The minimum Gasteiger partial charge on any atom is -0.733 e. The largest absolute Gasteiger partial charge is 0.733 e. The zero-order valence-electron chi connectivity index (χ0n) is 13.3. The predicted octanol–water partition coefficient (Wildman–Crippen LogP) is 1.23. The Kier molecular flexibility index (Phi) is 5.58. The summed E-state index contributed by atoms with van der Waals surface area (Å²) < 4.78 is 18.6. The Bertz CT molecular complexity index is 601. The fourth-order valence-electron chi connectivity index (χ4n) is 2.11. The number of para-hydroxylation sites is 2. The van der Waals surface area contributed by atoms with Crippen LogP contribution in [0.25, 0.3) is 0 Å². The maximum Gasteiger partial charge on any atom is 0.508 e. The van der Waals surface area contributed by atoms with Crippen LogP contribution in [0.2, 0.25) is 0 Å². The topological polar surface area (TPSA) is 142 Å². The zero-order chi connectivity index (χ0) is 18.5. The summed E-state index contributed by atoms with van der Waals surface area (Å²) in [5.74, 6) is 0. The fourth-order valence-corrected chi connectivity index (χ4v) is 2.11. The normalized spacial score (nSPS) is 21.6. The lowest BCUT2D eigenvalue weighted by Crippen LogP contribution is -2.28. The number of hydrogen-bond donors (Lipinski definition) is 0. The fraction of sp³-hybridized carbons (Fsp3) is 0.429. The molecule has 2 aliphatic rings. The Morgan fingerprint density at radius 2 is 1.31 bits per heavy atom. The number of rotatable bonds is 8. The second kappa shape index (κ2) is 8.05. The highest BCUT2D eigenvalue weighted by Crippen LogP contribution is 2.29. The third-order valence-electron chi connectivity index (χ3n) is 3.33. The Balaban J connectivity index is 1.55. The summed E-state index contributed by atoms with van der Waals surface area (Å²) in [5, 5.41) is 24.4. The van der Waals surface area contributed by atoms with Gasteiger partial charge in [-0.05, 0) is 12.1 Å². The van der Waals surface area contributed by atoms with Gasteiger partial charge in [-0.2, -0.15) is 0 Å². The molecule has 0 aromatic heterocycles. The van der Waals surface area contributed by atoms with Gasteiger partial charge in [0.05, 0.1) is 11.4 Å². The average molecular weight is 370 g/mol. The number of nitrogens with zero attached hydrogens (tertiary/aromatic N) is 2. The molecule has 12 nitrogen and oxygen atoms in total. The van der Waals surface area contributed by atoms with Crippen LogP contribution < -0.4 is 10.5 Å². The number of cyclic esters (lactones) is 4. The minimum absolute atomic E-state index is 0.0344. The van der Waals surface area contributed by atoms with E-state index in [2.05, 4.69) is 9.47 Å². The maximum atomic E-state index is 12.1. The van der Waals surface area contributed by atoms with E-state index in [1.807, 2.05) is 0 Å². The minimum atomic E-state index is -0.841. The average Bonchev–Trinajstić information content (AvgIpc) is 3.25. The van der Waals surface area contributed by atoms with Gasteiger partial charge in [-0.1, -0.05) is 12.1 Å². The molecule has 0 spiro atoms. The highest BCUT2D eigenvalue weighted by Gasteiger charge is 2.26. The van der Waals surface area contributed by atoms with E-state index in [0.29, 0.717) is 0 Å². The molecular weight excluding hydrogens is 356 g/mol. The Labute approximate surface area is 146 Å². The molecule has 142 valence electrons. The van der Waals surface area contributed by atoms with Crippen molar-refractivity contribution < 1.29 is 38.2 Å². The van der Waals surface area contributed by atoms with Gasteiger partial charge in [-0.15, -0.1) is 0 Å². The Morgan fingerprint density at radius 3 is 1.65 bits per heavy atom. The Hall–Kier alpha value is -2.80. The van der Waals surface area contributed by atoms with Crippen molar-refractivity contribution in [2.24, 2.45) is 0 Å². The molecule has 2 atom stereocenters. The van der Waals surface area contributed by atoms with Gasteiger partial charge < -0.3 is 39.8 Å². The van der Waals surface area contributed by atoms with Gasteiger partial charge in [0.2, 0.25) is 0 Å². The van der Waals surface area contributed by atoms with E-state index >= 15 is 0 Å². The van der Waals surface area contributed by atoms with Crippen molar-refractivity contribution in [3.63, 3.8) is 0 Å². The summed E-state index contributed by atoms with van der Waals surface area (Å²) in [6.07, 6.45) is -3.12. The number of carbonyl (C=O) groups is 2. The van der Waals surface area contributed by atoms with Gasteiger partial charge in [0, 0.05) is 0 Å². The molecule has 2 saturated heterocycles. The molecule has 26 heavy (non-hydrogen) atoms. The van der Waals surface area contributed by atoms with Crippen LogP contribution in [0.15, 0.2) is 24.3 Å². The molecule has 0 amide bonds. The van der Waals surface area contributed by atoms with Crippen LogP contribution in [0.3, 0.4) is 0 Å². The summed E-state index contributed by atoms with van der Waals surface area (Å²) in [7, 11) is 0. The van der Waals surface area contributed by atoms with Crippen LogP contribution >= 0.6 is 0 Å². The summed E-state index contributed by atoms with van der Waals surface area (Å²) in [4.78, 5) is 31.5. The van der Waals surface area contributed by atoms with Gasteiger partial charge in [-0.3, -0.25) is 9.68 Å². The molecule has 0 saturated carbocycles. The van der Waals surface area contributed by atoms with Crippen molar-refractivity contribution in [3.8, 4) is 0 Å². The number of ether oxygens (including phenoxy) is 4. The van der Waals surface area contributed by atoms with E-state index in [4.69, 9.17) is 19.1 Å². The SMILES string of the molecule is O=C1OCC(CON([O-])c2ccccc2N([O-])OCC2COC(=O)O2)O1. The van der Waals surface area contributed by atoms with Crippen LogP contribution in [-0.2, 0) is 28.6 Å². The van der Waals surface area contributed by atoms with Crippen LogP contribution in [0, 0.1) is 10.4 Å². The number of carbonyl (C=O) groups excluding carboxylic acids is 2. The highest BCUT2D eigenvalue weighted by atomic mass is 16.9. The monoisotopic (exact) mass is 370 g/mol. The van der Waals surface area contributed by atoms with E-state index in [-0.39, 0.29) is 48.3 Å². The highest BCUT2D eigenvalue weighted by molar-refractivity contribution is 5.70. The smallest absolute Gasteiger partial charge is 0.508 e. The summed E-state index contributed by atoms with van der Waals surface area (Å²) in [6.45, 7) is -0.572. The van der Waals surface area contributed by atoms with Crippen molar-refractivity contribution >= 4 is 23.7 Å². The maximum absolute atomic E-state index is 12.1. The third kappa shape index (κ3) is 4.43.